The summed E-state index contributed by atoms with van der Waals surface area (Å²) in [5, 5.41) is 17.1. The van der Waals surface area contributed by atoms with E-state index in [-0.39, 0.29) is 18.3 Å². The van der Waals surface area contributed by atoms with Crippen LogP contribution in [0, 0.1) is 0 Å². The minimum absolute atomic E-state index is 0.0254. The number of rotatable bonds is 18. The van der Waals surface area contributed by atoms with Crippen molar-refractivity contribution in [3.8, 4) is 28.3 Å². The summed E-state index contributed by atoms with van der Waals surface area (Å²) in [5.41, 5.74) is 5.47. The molecule has 5 rings (SSSR count). The molecule has 53 heavy (non-hydrogen) atoms. The number of nitrogens with zero attached hydrogens (tertiary/aromatic N) is 3. The Labute approximate surface area is 319 Å². The number of aromatic nitrogens is 3. The number of carbonyl (C=O) groups is 3. The molecule has 0 saturated carbocycles. The summed E-state index contributed by atoms with van der Waals surface area (Å²) < 4.78 is 5.90. The lowest BCUT2D eigenvalue weighted by Crippen LogP contribution is -2.53. The number of benzene rings is 2. The zero-order valence-corrected chi connectivity index (χ0v) is 32.3. The van der Waals surface area contributed by atoms with E-state index in [9.17, 15) is 19.5 Å². The van der Waals surface area contributed by atoms with Gasteiger partial charge in [0.1, 0.15) is 17.8 Å². The van der Waals surface area contributed by atoms with Crippen LogP contribution in [0.25, 0.3) is 22.5 Å². The quantitative estimate of drug-likeness (QED) is 0.0762. The summed E-state index contributed by atoms with van der Waals surface area (Å²) >= 11 is 2.72. The number of carboxylic acid groups (broad SMARTS) is 1. The average Bonchev–Trinajstić information content (AvgIpc) is 3.87. The Bertz CT molecular complexity index is 1920. The van der Waals surface area contributed by atoms with Gasteiger partial charge in [0.25, 0.3) is 5.91 Å². The van der Waals surface area contributed by atoms with Crippen molar-refractivity contribution < 1.29 is 24.2 Å². The molecule has 2 aromatic carbocycles. The molecule has 0 aliphatic carbocycles. The Balaban J connectivity index is 1.25. The molecule has 12 heteroatoms. The molecule has 3 aromatic heterocycles. The molecule has 3 N–H and O–H groups in total. The summed E-state index contributed by atoms with van der Waals surface area (Å²) in [5.74, 6) is -0.792. The van der Waals surface area contributed by atoms with E-state index in [2.05, 4.69) is 53.3 Å². The summed E-state index contributed by atoms with van der Waals surface area (Å²) in [7, 11) is 0. The van der Waals surface area contributed by atoms with Gasteiger partial charge < -0.3 is 20.5 Å². The molecular weight excluding hydrogens is 707 g/mol. The van der Waals surface area contributed by atoms with Gasteiger partial charge in [-0.1, -0.05) is 89.8 Å². The van der Waals surface area contributed by atoms with Crippen LogP contribution in [0.5, 0.6) is 5.75 Å². The van der Waals surface area contributed by atoms with Crippen LogP contribution in [0.15, 0.2) is 83.9 Å². The first-order valence-corrected chi connectivity index (χ1v) is 19.7. The second-order valence-corrected chi connectivity index (χ2v) is 15.8. The minimum atomic E-state index is -1.21. The van der Waals surface area contributed by atoms with Crippen LogP contribution in [0.2, 0.25) is 0 Å². The van der Waals surface area contributed by atoms with Gasteiger partial charge in [-0.2, -0.15) is 0 Å². The van der Waals surface area contributed by atoms with Crippen molar-refractivity contribution >= 4 is 40.5 Å². The molecule has 0 radical (unpaired) electrons. The summed E-state index contributed by atoms with van der Waals surface area (Å²) in [6.45, 7) is 9.14. The number of aliphatic carboxylic acids is 1. The Kier molecular flexibility index (Phi) is 13.9. The fraction of sp³-hybridized carbons (Fsp3) is 0.366. The highest BCUT2D eigenvalue weighted by Gasteiger charge is 2.29. The molecular formula is C41H47N5O5S2. The van der Waals surface area contributed by atoms with Gasteiger partial charge >= 0.3 is 5.97 Å². The van der Waals surface area contributed by atoms with Gasteiger partial charge in [-0.15, -0.1) is 22.7 Å². The van der Waals surface area contributed by atoms with E-state index in [1.165, 1.54) is 48.4 Å². The second-order valence-electron chi connectivity index (χ2n) is 14.0. The topological polar surface area (TPSA) is 143 Å². The number of carbonyl (C=O) groups excluding carboxylic acids is 2. The van der Waals surface area contributed by atoms with E-state index < -0.39 is 29.9 Å². The SMILES string of the molecule is CCCCCCCOc1ccc(-c2cnc(-c3ccc(C[C@H](NC(=O)c4ccc(C(C)(C)C)s4)C(=O)N[C@@H](Cc4cscn4)C(=O)O)cc3)nc2)cc1. The van der Waals surface area contributed by atoms with Crippen molar-refractivity contribution in [2.75, 3.05) is 6.61 Å². The van der Waals surface area contributed by atoms with Crippen LogP contribution in [0.1, 0.15) is 85.6 Å². The molecule has 5 aromatic rings. The van der Waals surface area contributed by atoms with Crippen LogP contribution in [0.4, 0.5) is 0 Å². The Morgan fingerprint density at radius 2 is 1.49 bits per heavy atom. The fourth-order valence-electron chi connectivity index (χ4n) is 5.61. The van der Waals surface area contributed by atoms with Crippen LogP contribution in [-0.4, -0.2) is 56.5 Å². The smallest absolute Gasteiger partial charge is 0.326 e. The first-order chi connectivity index (χ1) is 25.5. The standard InChI is InChI=1S/C41H47N5O5S2/c1-5-6-7-8-9-20-51-32-16-14-28(15-17-32)30-23-42-37(43-24-30)29-12-10-27(11-13-29)21-33(45-39(48)35-18-19-36(53-35)41(2,3)4)38(47)46-34(40(49)50)22-31-25-52-26-44-31/h10-19,23-26,33-34H,5-9,20-22H2,1-4H3,(H,45,48)(H,46,47)(H,49,50)/t33-,34-/m0/s1. The van der Waals surface area contributed by atoms with Gasteiger partial charge in [0.05, 0.1) is 22.7 Å². The number of unbranched alkanes of at least 4 members (excludes halogenated alkanes) is 4. The lowest BCUT2D eigenvalue weighted by Gasteiger charge is -2.21. The number of amides is 2. The van der Waals surface area contributed by atoms with E-state index in [1.807, 2.05) is 54.6 Å². The van der Waals surface area contributed by atoms with Gasteiger partial charge in [0, 0.05) is 46.6 Å². The average molecular weight is 754 g/mol. The number of nitrogens with one attached hydrogen (secondary N) is 2. The van der Waals surface area contributed by atoms with Gasteiger partial charge in [0.15, 0.2) is 5.82 Å². The Morgan fingerprint density at radius 1 is 0.792 bits per heavy atom. The zero-order valence-electron chi connectivity index (χ0n) is 30.6. The van der Waals surface area contributed by atoms with E-state index in [0.29, 0.717) is 16.4 Å². The molecule has 278 valence electrons. The third-order valence-corrected chi connectivity index (χ3v) is 10.9. The predicted molar refractivity (Wildman–Crippen MR) is 211 cm³/mol. The van der Waals surface area contributed by atoms with E-state index in [1.54, 1.807) is 29.4 Å². The van der Waals surface area contributed by atoms with Crippen molar-refractivity contribution in [2.45, 2.75) is 90.1 Å². The first-order valence-electron chi connectivity index (χ1n) is 18.0. The van der Waals surface area contributed by atoms with Crippen molar-refractivity contribution in [1.29, 1.82) is 0 Å². The highest BCUT2D eigenvalue weighted by Crippen LogP contribution is 2.30. The molecule has 0 aliphatic rings. The first kappa shape index (κ1) is 39.3. The van der Waals surface area contributed by atoms with Gasteiger partial charge in [-0.05, 0) is 47.2 Å². The zero-order chi connectivity index (χ0) is 37.8. The summed E-state index contributed by atoms with van der Waals surface area (Å²) in [4.78, 5) is 54.0. The van der Waals surface area contributed by atoms with E-state index in [4.69, 9.17) is 4.74 Å². The lowest BCUT2D eigenvalue weighted by atomic mass is 9.95. The molecule has 0 unspecified atom stereocenters. The van der Waals surface area contributed by atoms with Crippen LogP contribution < -0.4 is 15.4 Å². The summed E-state index contributed by atoms with van der Waals surface area (Å²) in [6.07, 6.45) is 9.73. The third kappa shape index (κ3) is 11.5. The van der Waals surface area contributed by atoms with Crippen molar-refractivity contribution in [2.24, 2.45) is 0 Å². The number of ether oxygens (including phenoxy) is 1. The lowest BCUT2D eigenvalue weighted by molar-refractivity contribution is -0.142. The molecule has 2 atom stereocenters. The van der Waals surface area contributed by atoms with Crippen LogP contribution >= 0.6 is 22.7 Å². The fourth-order valence-corrected chi connectivity index (χ4v) is 7.15. The second kappa shape index (κ2) is 18.7. The number of hydrogen-bond donors (Lipinski definition) is 3. The largest absolute Gasteiger partial charge is 0.494 e. The number of thiazole rings is 1. The number of thiophene rings is 1. The number of hydrogen-bond acceptors (Lipinski definition) is 9. The molecule has 3 heterocycles. The predicted octanol–water partition coefficient (Wildman–Crippen LogP) is 8.13. The van der Waals surface area contributed by atoms with Gasteiger partial charge in [-0.3, -0.25) is 9.59 Å². The molecule has 0 aliphatic heterocycles. The summed E-state index contributed by atoms with van der Waals surface area (Å²) in [6, 6.07) is 16.8. The normalized spacial score (nSPS) is 12.5. The van der Waals surface area contributed by atoms with Crippen LogP contribution in [-0.2, 0) is 27.8 Å². The molecule has 0 bridgehead atoms. The number of carboxylic acids is 1. The monoisotopic (exact) mass is 753 g/mol. The van der Waals surface area contributed by atoms with Crippen molar-refractivity contribution in [1.82, 2.24) is 25.6 Å². The maximum Gasteiger partial charge on any atom is 0.326 e. The van der Waals surface area contributed by atoms with E-state index >= 15 is 0 Å². The van der Waals surface area contributed by atoms with Gasteiger partial charge in [-0.25, -0.2) is 19.7 Å². The maximum absolute atomic E-state index is 13.6. The molecule has 0 spiro atoms. The Morgan fingerprint density at radius 3 is 2.11 bits per heavy atom. The highest BCUT2D eigenvalue weighted by atomic mass is 32.1. The van der Waals surface area contributed by atoms with E-state index in [0.717, 1.165) is 45.9 Å². The highest BCUT2D eigenvalue weighted by molar-refractivity contribution is 7.14. The third-order valence-electron chi connectivity index (χ3n) is 8.71. The molecule has 2 amide bonds. The minimum Gasteiger partial charge on any atom is -0.494 e. The molecule has 0 fully saturated rings. The van der Waals surface area contributed by atoms with Crippen molar-refractivity contribution in [3.05, 3.63) is 105 Å². The maximum atomic E-state index is 13.6. The molecule has 10 nitrogen and oxygen atoms in total. The van der Waals surface area contributed by atoms with Gasteiger partial charge in [0.2, 0.25) is 5.91 Å². The molecule has 0 saturated heterocycles. The van der Waals surface area contributed by atoms with Crippen LogP contribution in [0.3, 0.4) is 0 Å². The van der Waals surface area contributed by atoms with Crippen molar-refractivity contribution in [3.63, 3.8) is 0 Å². The Hall–Kier alpha value is -4.94.